The van der Waals surface area contributed by atoms with Gasteiger partial charge in [-0.3, -0.25) is 19.1 Å². The molecule has 0 atom stereocenters. The Morgan fingerprint density at radius 1 is 0.811 bits per heavy atom. The first-order chi connectivity index (χ1) is 17.8. The van der Waals surface area contributed by atoms with E-state index in [0.29, 0.717) is 45.7 Å². The second-order valence-corrected chi connectivity index (χ2v) is 11.1. The van der Waals surface area contributed by atoms with Crippen LogP contribution in [0, 0.1) is 0 Å². The van der Waals surface area contributed by atoms with Crippen molar-refractivity contribution >= 4 is 22.2 Å². The maximum atomic E-state index is 11.8. The molecule has 1 rings (SSSR count). The van der Waals surface area contributed by atoms with Crippen LogP contribution in [0.15, 0.2) is 24.3 Å². The van der Waals surface area contributed by atoms with Gasteiger partial charge in [0, 0.05) is 45.7 Å². The number of carbonyl (C=O) groups excluding carboxylic acids is 2. The van der Waals surface area contributed by atoms with Crippen molar-refractivity contribution in [2.45, 2.75) is 84.0 Å². The lowest BCUT2D eigenvalue weighted by Gasteiger charge is -2.34. The van der Waals surface area contributed by atoms with Crippen LogP contribution < -0.4 is 0 Å². The number of hydrogen-bond acceptors (Lipinski definition) is 8. The summed E-state index contributed by atoms with van der Waals surface area (Å²) in [7, 11) is -3.95. The second-order valence-electron chi connectivity index (χ2n) is 9.52. The smallest absolute Gasteiger partial charge is 0.433 e. The molecule has 0 amide bonds. The van der Waals surface area contributed by atoms with Crippen LogP contribution in [0.25, 0.3) is 0 Å². The van der Waals surface area contributed by atoms with E-state index in [4.69, 9.17) is 14.0 Å². The van der Waals surface area contributed by atoms with E-state index in [-0.39, 0.29) is 18.8 Å². The minimum Gasteiger partial charge on any atom is -0.433 e. The van der Waals surface area contributed by atoms with Crippen LogP contribution in [0.5, 0.6) is 0 Å². The molecule has 214 valence electrons. The van der Waals surface area contributed by atoms with Crippen LogP contribution in [0.1, 0.15) is 84.0 Å². The highest BCUT2D eigenvalue weighted by molar-refractivity contribution is 7.85. The molecule has 0 bridgehead atoms. The van der Waals surface area contributed by atoms with E-state index in [1.54, 1.807) is 0 Å². The molecule has 1 heterocycles. The topological polar surface area (TPSA) is 113 Å². The Morgan fingerprint density at radius 2 is 1.38 bits per heavy atom. The molecular formula is C27H48N2O7S. The maximum absolute atomic E-state index is 11.8. The molecule has 0 aromatic rings. The first kappa shape index (κ1) is 33.3. The zero-order valence-corrected chi connectivity index (χ0v) is 23.5. The number of ether oxygens (including phenoxy) is 2. The number of rotatable bonds is 20. The highest BCUT2D eigenvalue weighted by Crippen LogP contribution is 2.09. The lowest BCUT2D eigenvalue weighted by atomic mass is 10.1. The van der Waals surface area contributed by atoms with Crippen molar-refractivity contribution in [2.75, 3.05) is 51.6 Å². The predicted molar refractivity (Wildman–Crippen MR) is 146 cm³/mol. The van der Waals surface area contributed by atoms with Gasteiger partial charge in [-0.05, 0) is 38.5 Å². The fourth-order valence-electron chi connectivity index (χ4n) is 3.99. The molecule has 1 N–H and O–H groups in total. The largest absolute Gasteiger partial charge is 0.516 e. The summed E-state index contributed by atoms with van der Waals surface area (Å²) in [5.74, 6) is -0.825. The molecule has 37 heavy (non-hydrogen) atoms. The standard InChI is InChI=1S/C27H48N2O7S/c1-2-3-4-5-6-7-8-9-10-11-12-13-14-15-16-17-26(30)36-27(31)35-24-22-28-18-20-29(21-19-28)23-25-37(32,33)34/h6-7,9-10H,2-5,8,11-25H2,1H3,(H,32,33,34)/b7-6-,10-9-. The molecule has 1 fully saturated rings. The number of nitrogens with zero attached hydrogens (tertiary/aromatic N) is 2. The second kappa shape index (κ2) is 21.2. The van der Waals surface area contributed by atoms with Crippen LogP contribution >= 0.6 is 0 Å². The molecule has 1 aliphatic rings. The van der Waals surface area contributed by atoms with Gasteiger partial charge < -0.3 is 9.47 Å². The Morgan fingerprint density at radius 3 is 2.00 bits per heavy atom. The van der Waals surface area contributed by atoms with Crippen molar-refractivity contribution in [1.29, 1.82) is 0 Å². The Balaban J connectivity index is 1.93. The highest BCUT2D eigenvalue weighted by Gasteiger charge is 2.19. The fourth-order valence-corrected chi connectivity index (χ4v) is 4.48. The fraction of sp³-hybridized carbons (Fsp3) is 0.778. The predicted octanol–water partition coefficient (Wildman–Crippen LogP) is 4.99. The van der Waals surface area contributed by atoms with Crippen molar-refractivity contribution in [3.05, 3.63) is 24.3 Å². The lowest BCUT2D eigenvalue weighted by Crippen LogP contribution is -2.48. The number of esters is 1. The molecule has 0 saturated carbocycles. The number of hydrogen-bond donors (Lipinski definition) is 1. The summed E-state index contributed by atoms with van der Waals surface area (Å²) in [5.41, 5.74) is 0. The maximum Gasteiger partial charge on any atom is 0.516 e. The van der Waals surface area contributed by atoms with Gasteiger partial charge >= 0.3 is 12.1 Å². The van der Waals surface area contributed by atoms with E-state index in [9.17, 15) is 18.0 Å². The average Bonchev–Trinajstić information content (AvgIpc) is 2.85. The highest BCUT2D eigenvalue weighted by atomic mass is 32.2. The lowest BCUT2D eigenvalue weighted by molar-refractivity contribution is -0.140. The molecule has 10 heteroatoms. The third kappa shape index (κ3) is 20.9. The van der Waals surface area contributed by atoms with E-state index in [1.165, 1.54) is 25.7 Å². The summed E-state index contributed by atoms with van der Waals surface area (Å²) < 4.78 is 40.2. The van der Waals surface area contributed by atoms with Crippen LogP contribution in [0.3, 0.4) is 0 Å². The molecule has 0 aliphatic carbocycles. The Kier molecular flexibility index (Phi) is 19.1. The van der Waals surface area contributed by atoms with Crippen molar-refractivity contribution in [3.8, 4) is 0 Å². The normalized spacial score (nSPS) is 15.5. The van der Waals surface area contributed by atoms with E-state index in [0.717, 1.165) is 38.5 Å². The molecule has 0 radical (unpaired) electrons. The molecule has 0 spiro atoms. The van der Waals surface area contributed by atoms with Gasteiger partial charge in [0.2, 0.25) is 0 Å². The average molecular weight is 545 g/mol. The summed E-state index contributed by atoms with van der Waals surface area (Å²) in [6.07, 6.45) is 20.3. The molecule has 1 aliphatic heterocycles. The molecular weight excluding hydrogens is 496 g/mol. The first-order valence-electron chi connectivity index (χ1n) is 13.9. The van der Waals surface area contributed by atoms with Gasteiger partial charge in [0.15, 0.2) is 0 Å². The van der Waals surface area contributed by atoms with Crippen LogP contribution in [0.2, 0.25) is 0 Å². The molecule has 0 aromatic carbocycles. The van der Waals surface area contributed by atoms with Gasteiger partial charge in [-0.2, -0.15) is 8.42 Å². The Labute approximate surface area is 224 Å². The minimum absolute atomic E-state index is 0.126. The van der Waals surface area contributed by atoms with Crippen LogP contribution in [0.4, 0.5) is 4.79 Å². The third-order valence-corrected chi connectivity index (χ3v) is 6.98. The quantitative estimate of drug-likeness (QED) is 0.0745. The van der Waals surface area contributed by atoms with Crippen molar-refractivity contribution in [3.63, 3.8) is 0 Å². The van der Waals surface area contributed by atoms with E-state index < -0.39 is 22.2 Å². The first-order valence-corrected chi connectivity index (χ1v) is 15.5. The Hall–Kier alpha value is -1.75. The van der Waals surface area contributed by atoms with Gasteiger partial charge in [0.1, 0.15) is 6.61 Å². The minimum atomic E-state index is -3.95. The molecule has 1 saturated heterocycles. The number of carbonyl (C=O) groups is 2. The molecule has 9 nitrogen and oxygen atoms in total. The van der Waals surface area contributed by atoms with Crippen molar-refractivity contribution in [2.24, 2.45) is 0 Å². The summed E-state index contributed by atoms with van der Waals surface area (Å²) in [6, 6.07) is 0. The Bertz CT molecular complexity index is 776. The summed E-state index contributed by atoms with van der Waals surface area (Å²) in [6.45, 7) is 5.91. The van der Waals surface area contributed by atoms with E-state index >= 15 is 0 Å². The van der Waals surface area contributed by atoms with Crippen LogP contribution in [-0.2, 0) is 24.4 Å². The molecule has 0 aromatic heterocycles. The van der Waals surface area contributed by atoms with Crippen molar-refractivity contribution in [1.82, 2.24) is 9.80 Å². The molecule has 0 unspecified atom stereocenters. The summed E-state index contributed by atoms with van der Waals surface area (Å²) in [4.78, 5) is 27.6. The van der Waals surface area contributed by atoms with Gasteiger partial charge in [0.25, 0.3) is 10.1 Å². The number of piperazine rings is 1. The third-order valence-electron chi connectivity index (χ3n) is 6.29. The van der Waals surface area contributed by atoms with E-state index in [1.807, 2.05) is 4.90 Å². The van der Waals surface area contributed by atoms with Gasteiger partial charge in [0.05, 0.1) is 5.75 Å². The zero-order chi connectivity index (χ0) is 27.2. The zero-order valence-electron chi connectivity index (χ0n) is 22.7. The van der Waals surface area contributed by atoms with Gasteiger partial charge in [-0.15, -0.1) is 0 Å². The SMILES string of the molecule is CCCCC/C=C\C/C=C\CCCCCCCC(=O)OC(=O)OCCN1CCN(CCS(=O)(=O)O)CC1. The number of unbranched alkanes of at least 4 members (excludes halogenated alkanes) is 8. The van der Waals surface area contributed by atoms with Gasteiger partial charge in [-0.1, -0.05) is 63.3 Å². The van der Waals surface area contributed by atoms with Crippen molar-refractivity contribution < 1.29 is 32.0 Å². The van der Waals surface area contributed by atoms with Gasteiger partial charge in [-0.25, -0.2) is 4.79 Å². The summed E-state index contributed by atoms with van der Waals surface area (Å²) >= 11 is 0. The monoisotopic (exact) mass is 544 g/mol. The number of allylic oxidation sites excluding steroid dienone is 4. The van der Waals surface area contributed by atoms with Crippen LogP contribution in [-0.4, -0.2) is 86.5 Å². The van der Waals surface area contributed by atoms with E-state index in [2.05, 4.69) is 36.1 Å². The summed E-state index contributed by atoms with van der Waals surface area (Å²) in [5, 5.41) is 0.